The van der Waals surface area contributed by atoms with Gasteiger partial charge in [-0.3, -0.25) is 9.20 Å². The van der Waals surface area contributed by atoms with Crippen molar-refractivity contribution >= 4 is 23.2 Å². The molecule has 4 aromatic rings. The van der Waals surface area contributed by atoms with Gasteiger partial charge in [-0.1, -0.05) is 30.3 Å². The molecule has 0 bridgehead atoms. The van der Waals surface area contributed by atoms with Gasteiger partial charge in [0.05, 0.1) is 31.5 Å². The summed E-state index contributed by atoms with van der Waals surface area (Å²) in [6, 6.07) is 17.4. The number of hydrogen-bond donors (Lipinski definition) is 0. The van der Waals surface area contributed by atoms with Crippen molar-refractivity contribution in [2.75, 3.05) is 20.3 Å². The fourth-order valence-corrected chi connectivity index (χ4v) is 3.84. The second kappa shape index (κ2) is 10.2. The third-order valence-electron chi connectivity index (χ3n) is 5.43. The Morgan fingerprint density at radius 3 is 2.09 bits per heavy atom. The Bertz CT molecular complexity index is 1390. The summed E-state index contributed by atoms with van der Waals surface area (Å²) in [5, 5.41) is 0. The van der Waals surface area contributed by atoms with E-state index in [2.05, 4.69) is 4.98 Å². The molecule has 178 valence electrons. The predicted molar refractivity (Wildman–Crippen MR) is 129 cm³/mol. The second-order valence-electron chi connectivity index (χ2n) is 7.49. The van der Waals surface area contributed by atoms with E-state index < -0.39 is 17.7 Å². The zero-order chi connectivity index (χ0) is 24.9. The molecule has 4 rings (SSSR count). The molecular formula is C27H24N2O6. The van der Waals surface area contributed by atoms with E-state index in [-0.39, 0.29) is 30.0 Å². The summed E-state index contributed by atoms with van der Waals surface area (Å²) in [5.74, 6) is -1.28. The lowest BCUT2D eigenvalue weighted by molar-refractivity contribution is 0.0480. The van der Waals surface area contributed by atoms with Crippen LogP contribution in [-0.4, -0.2) is 47.4 Å². The summed E-state index contributed by atoms with van der Waals surface area (Å²) in [5.41, 5.74) is 1.77. The molecule has 0 spiro atoms. The van der Waals surface area contributed by atoms with E-state index in [1.807, 2.05) is 12.1 Å². The van der Waals surface area contributed by atoms with Crippen molar-refractivity contribution in [1.29, 1.82) is 0 Å². The first-order valence-corrected chi connectivity index (χ1v) is 11.1. The van der Waals surface area contributed by atoms with Gasteiger partial charge in [-0.15, -0.1) is 0 Å². The molecule has 0 fully saturated rings. The number of nitrogens with zero attached hydrogens (tertiary/aromatic N) is 2. The third kappa shape index (κ3) is 4.50. The highest BCUT2D eigenvalue weighted by Crippen LogP contribution is 2.30. The van der Waals surface area contributed by atoms with Crippen LogP contribution >= 0.6 is 0 Å². The van der Waals surface area contributed by atoms with Crippen molar-refractivity contribution in [3.63, 3.8) is 0 Å². The lowest BCUT2D eigenvalue weighted by atomic mass is 10.0. The lowest BCUT2D eigenvalue weighted by Gasteiger charge is -2.07. The Balaban J connectivity index is 2.02. The average molecular weight is 472 g/mol. The van der Waals surface area contributed by atoms with E-state index >= 15 is 0 Å². The number of methoxy groups -OCH3 is 1. The van der Waals surface area contributed by atoms with Crippen molar-refractivity contribution in [3.8, 4) is 17.0 Å². The van der Waals surface area contributed by atoms with Crippen molar-refractivity contribution in [2.45, 2.75) is 13.8 Å². The monoisotopic (exact) mass is 472 g/mol. The molecule has 2 aromatic carbocycles. The highest BCUT2D eigenvalue weighted by molar-refractivity contribution is 6.20. The van der Waals surface area contributed by atoms with Gasteiger partial charge in [0.25, 0.3) is 0 Å². The minimum absolute atomic E-state index is 0.0125. The van der Waals surface area contributed by atoms with Crippen LogP contribution in [0, 0.1) is 0 Å². The van der Waals surface area contributed by atoms with Gasteiger partial charge < -0.3 is 14.2 Å². The standard InChI is InChI=1S/C27H24N2O6/c1-4-34-26(31)22-21-15-20(17-11-13-19(33-3)14-12-17)28-16-29(21)24(23(22)27(32)35-5-2)25(30)18-9-7-6-8-10-18/h6-16H,4-5H2,1-3H3. The highest BCUT2D eigenvalue weighted by Gasteiger charge is 2.33. The lowest BCUT2D eigenvalue weighted by Crippen LogP contribution is -2.16. The Kier molecular flexibility index (Phi) is 6.91. The SMILES string of the molecule is CCOC(=O)c1c(C(=O)OCC)c2cc(-c3ccc(OC)cc3)ncn2c1C(=O)c1ccccc1. The molecule has 0 saturated heterocycles. The van der Waals surface area contributed by atoms with Gasteiger partial charge >= 0.3 is 11.9 Å². The third-order valence-corrected chi connectivity index (χ3v) is 5.43. The molecule has 0 N–H and O–H groups in total. The van der Waals surface area contributed by atoms with Gasteiger partial charge in [0.15, 0.2) is 0 Å². The molecule has 2 heterocycles. The molecular weight excluding hydrogens is 448 g/mol. The zero-order valence-corrected chi connectivity index (χ0v) is 19.6. The van der Waals surface area contributed by atoms with Crippen LogP contribution in [0.2, 0.25) is 0 Å². The van der Waals surface area contributed by atoms with Crippen molar-refractivity contribution in [2.24, 2.45) is 0 Å². The maximum Gasteiger partial charge on any atom is 0.341 e. The topological polar surface area (TPSA) is 96.2 Å². The molecule has 2 aromatic heterocycles. The largest absolute Gasteiger partial charge is 0.497 e. The number of carbonyl (C=O) groups excluding carboxylic acids is 3. The van der Waals surface area contributed by atoms with Gasteiger partial charge in [0.1, 0.15) is 28.9 Å². The number of benzene rings is 2. The van der Waals surface area contributed by atoms with E-state index in [0.29, 0.717) is 22.5 Å². The molecule has 0 saturated carbocycles. The molecule has 0 amide bonds. The van der Waals surface area contributed by atoms with Crippen LogP contribution in [0.1, 0.15) is 50.6 Å². The van der Waals surface area contributed by atoms with E-state index in [4.69, 9.17) is 14.2 Å². The molecule has 0 aliphatic heterocycles. The molecule has 0 unspecified atom stereocenters. The molecule has 0 aliphatic rings. The Hall–Kier alpha value is -4.46. The van der Waals surface area contributed by atoms with Gasteiger partial charge in [0, 0.05) is 11.1 Å². The van der Waals surface area contributed by atoms with Crippen LogP contribution < -0.4 is 4.74 Å². The number of fused-ring (bicyclic) bond motifs is 1. The van der Waals surface area contributed by atoms with Crippen molar-refractivity contribution < 1.29 is 28.6 Å². The number of aromatic nitrogens is 2. The molecule has 8 nitrogen and oxygen atoms in total. The average Bonchev–Trinajstić information content (AvgIpc) is 3.24. The predicted octanol–water partition coefficient (Wildman–Crippen LogP) is 4.59. The number of ketones is 1. The number of rotatable bonds is 8. The normalized spacial score (nSPS) is 10.7. The number of hydrogen-bond acceptors (Lipinski definition) is 7. The second-order valence-corrected chi connectivity index (χ2v) is 7.49. The van der Waals surface area contributed by atoms with Crippen LogP contribution in [0.15, 0.2) is 67.0 Å². The quantitative estimate of drug-likeness (QED) is 0.273. The number of ether oxygens (including phenoxy) is 3. The smallest absolute Gasteiger partial charge is 0.341 e. The van der Waals surface area contributed by atoms with Gasteiger partial charge in [0.2, 0.25) is 5.78 Å². The Morgan fingerprint density at radius 1 is 0.857 bits per heavy atom. The van der Waals surface area contributed by atoms with Crippen molar-refractivity contribution in [1.82, 2.24) is 9.38 Å². The fourth-order valence-electron chi connectivity index (χ4n) is 3.84. The minimum atomic E-state index is -0.787. The van der Waals surface area contributed by atoms with E-state index in [0.717, 1.165) is 5.56 Å². The summed E-state index contributed by atoms with van der Waals surface area (Å²) >= 11 is 0. The van der Waals surface area contributed by atoms with Crippen LogP contribution in [0.4, 0.5) is 0 Å². The maximum absolute atomic E-state index is 13.6. The van der Waals surface area contributed by atoms with Crippen LogP contribution in [-0.2, 0) is 9.47 Å². The van der Waals surface area contributed by atoms with Gasteiger partial charge in [-0.25, -0.2) is 14.6 Å². The van der Waals surface area contributed by atoms with Crippen LogP contribution in [0.25, 0.3) is 16.8 Å². The van der Waals surface area contributed by atoms with Gasteiger partial charge in [-0.05, 0) is 44.2 Å². The highest BCUT2D eigenvalue weighted by atomic mass is 16.5. The summed E-state index contributed by atoms with van der Waals surface area (Å²) in [7, 11) is 1.58. The summed E-state index contributed by atoms with van der Waals surface area (Å²) < 4.78 is 17.2. The zero-order valence-electron chi connectivity index (χ0n) is 19.6. The Labute approximate surface area is 202 Å². The first-order chi connectivity index (χ1) is 17.0. The van der Waals surface area contributed by atoms with Crippen LogP contribution in [0.3, 0.4) is 0 Å². The van der Waals surface area contributed by atoms with Crippen LogP contribution in [0.5, 0.6) is 5.75 Å². The summed E-state index contributed by atoms with van der Waals surface area (Å²) in [6.45, 7) is 3.48. The molecule has 8 heteroatoms. The van der Waals surface area contributed by atoms with E-state index in [9.17, 15) is 14.4 Å². The summed E-state index contributed by atoms with van der Waals surface area (Å²) in [6.07, 6.45) is 1.43. The minimum Gasteiger partial charge on any atom is -0.497 e. The molecule has 0 radical (unpaired) electrons. The van der Waals surface area contributed by atoms with Gasteiger partial charge in [-0.2, -0.15) is 0 Å². The maximum atomic E-state index is 13.6. The number of esters is 2. The molecule has 35 heavy (non-hydrogen) atoms. The first-order valence-electron chi connectivity index (χ1n) is 11.1. The Morgan fingerprint density at radius 2 is 1.49 bits per heavy atom. The molecule has 0 aliphatic carbocycles. The van der Waals surface area contributed by atoms with Crippen molar-refractivity contribution in [3.05, 3.63) is 89.4 Å². The fraction of sp³-hybridized carbons (Fsp3) is 0.185. The summed E-state index contributed by atoms with van der Waals surface area (Å²) in [4.78, 5) is 44.3. The van der Waals surface area contributed by atoms with E-state index in [1.165, 1.54) is 10.7 Å². The van der Waals surface area contributed by atoms with E-state index in [1.54, 1.807) is 69.5 Å². The number of carbonyl (C=O) groups is 3. The molecule has 0 atom stereocenters. The first kappa shape index (κ1) is 23.7.